The molecule has 0 unspecified atom stereocenters. The van der Waals surface area contributed by atoms with Gasteiger partial charge in [0, 0.05) is 0 Å². The van der Waals surface area contributed by atoms with Crippen LogP contribution in [0.4, 0.5) is 0 Å². The number of benzene rings is 4. The molecule has 0 aliphatic heterocycles. The van der Waals surface area contributed by atoms with Crippen molar-refractivity contribution in [2.24, 2.45) is 0 Å². The Labute approximate surface area is 202 Å². The first-order chi connectivity index (χ1) is 15.1. The Balaban J connectivity index is 0.000000179. The molecule has 5 heteroatoms. The molecule has 2 nitrogen and oxygen atoms in total. The molecule has 0 amide bonds. The van der Waals surface area contributed by atoms with E-state index in [1.54, 1.807) is 0 Å². The Morgan fingerprint density at radius 1 is 0.581 bits per heavy atom. The van der Waals surface area contributed by atoms with E-state index in [0.717, 1.165) is 0 Å². The van der Waals surface area contributed by atoms with Crippen LogP contribution in [0.15, 0.2) is 121 Å². The Bertz CT molecular complexity index is 967. The average molecular weight is 640 g/mol. The molecule has 4 aromatic carbocycles. The normalized spacial score (nSPS) is 10.3. The molecule has 31 heavy (non-hydrogen) atoms. The summed E-state index contributed by atoms with van der Waals surface area (Å²) in [6, 6.07) is 40.9. The van der Waals surface area contributed by atoms with Crippen molar-refractivity contribution < 1.29 is 7.87 Å². The molecule has 0 fully saturated rings. The number of hydrogen-bond donors (Lipinski definition) is 0. The van der Waals surface area contributed by atoms with E-state index in [4.69, 9.17) is 12.0 Å². The van der Waals surface area contributed by atoms with E-state index in [2.05, 4.69) is 48.5 Å². The van der Waals surface area contributed by atoms with Gasteiger partial charge >= 0.3 is 204 Å². The van der Waals surface area contributed by atoms with Crippen molar-refractivity contribution in [2.75, 3.05) is 0 Å². The molecule has 0 heterocycles. The third-order valence-electron chi connectivity index (χ3n) is 4.37. The summed E-state index contributed by atoms with van der Waals surface area (Å²) < 4.78 is 10.6. The van der Waals surface area contributed by atoms with E-state index in [-0.39, 0.29) is 5.97 Å². The summed E-state index contributed by atoms with van der Waals surface area (Å²) in [5, 5.41) is 0. The van der Waals surface area contributed by atoms with Crippen molar-refractivity contribution in [3.63, 3.8) is 0 Å². The van der Waals surface area contributed by atoms with Crippen molar-refractivity contribution in [1.29, 1.82) is 0 Å². The molecule has 0 bridgehead atoms. The van der Waals surface area contributed by atoms with E-state index in [1.807, 2.05) is 72.8 Å². The molecule has 4 aromatic rings. The predicted molar refractivity (Wildman–Crippen MR) is 133 cm³/mol. The summed E-state index contributed by atoms with van der Waals surface area (Å²) in [4.78, 5) is 11.2. The third kappa shape index (κ3) is 7.70. The second kappa shape index (κ2) is 12.9. The van der Waals surface area contributed by atoms with Crippen molar-refractivity contribution in [3.05, 3.63) is 121 Å². The van der Waals surface area contributed by atoms with Crippen LogP contribution in [0, 0.1) is 0 Å². The Hall–Kier alpha value is -1.76. The van der Waals surface area contributed by atoms with Crippen LogP contribution in [-0.2, 0) is 7.87 Å². The monoisotopic (exact) mass is 642 g/mol. The number of rotatable bonds is 5. The summed E-state index contributed by atoms with van der Waals surface area (Å²) in [5.74, 6) is -0.188. The van der Waals surface area contributed by atoms with Gasteiger partial charge in [-0.1, -0.05) is 0 Å². The molecule has 0 spiro atoms. The quantitative estimate of drug-likeness (QED) is 0.313. The Kier molecular flexibility index (Phi) is 9.97. The molecule has 0 saturated heterocycles. The van der Waals surface area contributed by atoms with Crippen LogP contribution in [0.3, 0.4) is 0 Å². The molecule has 0 atom stereocenters. The second-order valence-corrected chi connectivity index (χ2v) is 20.1. The fourth-order valence-electron chi connectivity index (χ4n) is 2.94. The summed E-state index contributed by atoms with van der Waals surface area (Å²) in [5.41, 5.74) is 0. The van der Waals surface area contributed by atoms with Gasteiger partial charge in [0.25, 0.3) is 0 Å². The molecule has 0 aliphatic rings. The summed E-state index contributed by atoms with van der Waals surface area (Å²) >= 11 is -4.53. The zero-order valence-corrected chi connectivity index (χ0v) is 23.7. The number of halogens is 1. The molecule has 0 aromatic heterocycles. The van der Waals surface area contributed by atoms with E-state index in [1.165, 1.54) is 21.2 Å². The van der Waals surface area contributed by atoms with Crippen molar-refractivity contribution >= 4 is 68.0 Å². The molecule has 0 aliphatic carbocycles. The van der Waals surface area contributed by atoms with Gasteiger partial charge in [-0.25, -0.2) is 0 Å². The minimum absolute atomic E-state index is 0.188. The van der Waals surface area contributed by atoms with E-state index < -0.39 is 38.8 Å². The number of carbonyl (C=O) groups excluding carboxylic acids is 1. The van der Waals surface area contributed by atoms with Crippen LogP contribution in [0.25, 0.3) is 0 Å². The van der Waals surface area contributed by atoms with Crippen LogP contribution in [0.2, 0.25) is 0 Å². The Morgan fingerprint density at radius 2 is 0.871 bits per heavy atom. The standard InChI is InChI=1S/4C6H5.C2H4O2.ClH.2Sn/c4*1-2-4-6-5-3-1;1-2(3)4;;;/h4*1-5H;1H3,(H,3,4);1H;;/q;;;;;;2*+1/p-2. The zero-order valence-electron chi connectivity index (χ0n) is 17.2. The van der Waals surface area contributed by atoms with Crippen molar-refractivity contribution in [3.8, 4) is 0 Å². The minimum atomic E-state index is -2.50. The molecule has 2 radical (unpaired) electrons. The summed E-state index contributed by atoms with van der Waals surface area (Å²) in [6.07, 6.45) is 0. The second-order valence-electron chi connectivity index (χ2n) is 6.70. The van der Waals surface area contributed by atoms with Gasteiger partial charge in [-0.2, -0.15) is 0 Å². The summed E-state index contributed by atoms with van der Waals surface area (Å²) in [7, 11) is 6.53. The van der Waals surface area contributed by atoms with Gasteiger partial charge in [0.05, 0.1) is 0 Å². The molecule has 0 N–H and O–H groups in total. The third-order valence-corrected chi connectivity index (χ3v) is 18.4. The maximum atomic E-state index is 11.2. The zero-order chi connectivity index (χ0) is 21.9. The van der Waals surface area contributed by atoms with Gasteiger partial charge in [0.15, 0.2) is 0 Å². The van der Waals surface area contributed by atoms with Crippen LogP contribution >= 0.6 is 8.92 Å². The van der Waals surface area contributed by atoms with Gasteiger partial charge in [-0.15, -0.1) is 0 Å². The SMILES string of the molecule is CC(=O)[O][Sn]([c]1ccccc1)[c]1ccccc1.[Cl][Sn]([c]1ccccc1)[c]1ccccc1. The molecular formula is C26H23ClO2Sn2. The number of carbonyl (C=O) groups is 1. The first kappa shape index (κ1) is 23.9. The fraction of sp³-hybridized carbons (Fsp3) is 0.0385. The first-order valence-corrected chi connectivity index (χ1v) is 20.4. The maximum absolute atomic E-state index is 11.2. The van der Waals surface area contributed by atoms with E-state index in [9.17, 15) is 4.79 Å². The predicted octanol–water partition coefficient (Wildman–Crippen LogP) is 3.39. The van der Waals surface area contributed by atoms with Crippen molar-refractivity contribution in [1.82, 2.24) is 0 Å². The van der Waals surface area contributed by atoms with E-state index in [0.29, 0.717) is 0 Å². The van der Waals surface area contributed by atoms with Gasteiger partial charge in [0.2, 0.25) is 0 Å². The van der Waals surface area contributed by atoms with Crippen molar-refractivity contribution in [2.45, 2.75) is 6.92 Å². The van der Waals surface area contributed by atoms with Gasteiger partial charge in [0.1, 0.15) is 0 Å². The van der Waals surface area contributed by atoms with Crippen LogP contribution in [0.1, 0.15) is 6.92 Å². The van der Waals surface area contributed by atoms with Gasteiger partial charge in [-0.05, 0) is 0 Å². The molecule has 154 valence electrons. The topological polar surface area (TPSA) is 26.3 Å². The van der Waals surface area contributed by atoms with Gasteiger partial charge in [-0.3, -0.25) is 0 Å². The molecular weight excluding hydrogens is 617 g/mol. The Morgan fingerprint density at radius 3 is 1.16 bits per heavy atom. The average Bonchev–Trinajstić information content (AvgIpc) is 2.84. The van der Waals surface area contributed by atoms with Gasteiger partial charge < -0.3 is 0 Å². The fourth-order valence-corrected chi connectivity index (χ4v) is 13.6. The van der Waals surface area contributed by atoms with E-state index >= 15 is 0 Å². The van der Waals surface area contributed by atoms with Crippen LogP contribution in [-0.4, -0.2) is 44.8 Å². The summed E-state index contributed by atoms with van der Waals surface area (Å²) in [6.45, 7) is 1.48. The molecule has 4 rings (SSSR count). The van der Waals surface area contributed by atoms with Crippen LogP contribution in [0.5, 0.6) is 0 Å². The molecule has 0 saturated carbocycles. The number of hydrogen-bond acceptors (Lipinski definition) is 2. The van der Waals surface area contributed by atoms with Crippen LogP contribution < -0.4 is 14.3 Å². The first-order valence-electron chi connectivity index (χ1n) is 9.94.